The number of halogens is 2. The second-order valence-electron chi connectivity index (χ2n) is 9.13. The number of hydrogen-bond donors (Lipinski definition) is 3. The number of ether oxygens (including phenoxy) is 1. The van der Waals surface area contributed by atoms with Crippen LogP contribution in [0.1, 0.15) is 24.5 Å². The molecule has 4 aromatic rings. The van der Waals surface area contributed by atoms with Crippen LogP contribution < -0.4 is 25.2 Å². The number of nitrogens with zero attached hydrogens (tertiary/aromatic N) is 4. The van der Waals surface area contributed by atoms with Crippen LogP contribution in [-0.4, -0.2) is 34.1 Å². The van der Waals surface area contributed by atoms with Gasteiger partial charge in [0.1, 0.15) is 27.4 Å². The van der Waals surface area contributed by atoms with Gasteiger partial charge in [-0.3, -0.25) is 14.6 Å². The topological polar surface area (TPSA) is 120 Å². The molecule has 210 valence electrons. The van der Waals surface area contributed by atoms with Gasteiger partial charge < -0.3 is 20.5 Å². The minimum Gasteiger partial charge on any atom is -0.506 e. The Morgan fingerprint density at radius 3 is 2.49 bits per heavy atom. The first kappa shape index (κ1) is 28.0. The molecule has 0 saturated heterocycles. The molecule has 0 fully saturated rings. The zero-order valence-corrected chi connectivity index (χ0v) is 23.7. The molecule has 0 aliphatic carbocycles. The second kappa shape index (κ2) is 11.9. The average molecular weight is 593 g/mol. The summed E-state index contributed by atoms with van der Waals surface area (Å²) < 4.78 is 5.29. The summed E-state index contributed by atoms with van der Waals surface area (Å²) in [5.74, 6) is 0.381. The highest BCUT2D eigenvalue weighted by Gasteiger charge is 2.36. The Morgan fingerprint density at radius 1 is 1.07 bits per heavy atom. The van der Waals surface area contributed by atoms with Crippen molar-refractivity contribution in [2.75, 3.05) is 27.5 Å². The number of urea groups is 1. The number of carbonyl (C=O) groups excluding carboxylic acids is 2. The molecule has 1 aliphatic rings. The number of benzene rings is 3. The van der Waals surface area contributed by atoms with Gasteiger partial charge in [-0.25, -0.2) is 9.78 Å². The van der Waals surface area contributed by atoms with E-state index in [2.05, 4.69) is 15.6 Å². The lowest BCUT2D eigenvalue weighted by atomic mass is 10.1. The molecule has 0 unspecified atom stereocenters. The number of carbonyl (C=O) groups is 2. The number of hydrogen-bond acceptors (Lipinski definition) is 7. The molecule has 0 atom stereocenters. The molecule has 10 nitrogen and oxygen atoms in total. The molecular formula is C29H26Cl2N6O4. The summed E-state index contributed by atoms with van der Waals surface area (Å²) in [5.41, 5.74) is 2.76. The quantitative estimate of drug-likeness (QED) is 0.207. The van der Waals surface area contributed by atoms with Crippen LogP contribution in [0.2, 0.25) is 10.0 Å². The molecule has 0 radical (unpaired) electrons. The Hall–Kier alpha value is -4.54. The highest BCUT2D eigenvalue weighted by Crippen LogP contribution is 2.47. The Kier molecular flexibility index (Phi) is 8.14. The maximum Gasteiger partial charge on any atom is 0.330 e. The van der Waals surface area contributed by atoms with E-state index in [9.17, 15) is 14.7 Å². The van der Waals surface area contributed by atoms with E-state index >= 15 is 0 Å². The Morgan fingerprint density at radius 2 is 1.78 bits per heavy atom. The number of aromatic nitrogens is 2. The van der Waals surface area contributed by atoms with E-state index in [1.165, 1.54) is 23.0 Å². The van der Waals surface area contributed by atoms with Crippen molar-refractivity contribution >= 4 is 64.0 Å². The van der Waals surface area contributed by atoms with Crippen molar-refractivity contribution in [3.8, 4) is 11.5 Å². The monoisotopic (exact) mass is 592 g/mol. The number of rotatable bonds is 8. The van der Waals surface area contributed by atoms with Crippen LogP contribution >= 0.6 is 23.2 Å². The van der Waals surface area contributed by atoms with Gasteiger partial charge in [0.2, 0.25) is 11.9 Å². The molecule has 3 amide bonds. The maximum atomic E-state index is 14.1. The molecule has 2 heterocycles. The predicted octanol–water partition coefficient (Wildman–Crippen LogP) is 6.74. The molecule has 0 spiro atoms. The summed E-state index contributed by atoms with van der Waals surface area (Å²) in [6.45, 7) is 2.00. The molecule has 0 bridgehead atoms. The predicted molar refractivity (Wildman–Crippen MR) is 160 cm³/mol. The van der Waals surface area contributed by atoms with Crippen molar-refractivity contribution in [3.63, 3.8) is 0 Å². The molecule has 3 N–H and O–H groups in total. The SMILES string of the molecule is CCC(=O)Nc1ccccc1Nc1ncc2c(n1)N(Cc1ccccc1)C(=O)N(c1c(Cl)c(O)cc(OC)c1Cl)C2. The van der Waals surface area contributed by atoms with E-state index in [0.717, 1.165) is 5.56 Å². The third-order valence-electron chi connectivity index (χ3n) is 6.45. The fourth-order valence-electron chi connectivity index (χ4n) is 4.39. The number of methoxy groups -OCH3 is 1. The average Bonchev–Trinajstić information content (AvgIpc) is 2.98. The van der Waals surface area contributed by atoms with Gasteiger partial charge in [-0.15, -0.1) is 0 Å². The summed E-state index contributed by atoms with van der Waals surface area (Å²) in [5, 5.41) is 16.4. The van der Waals surface area contributed by atoms with Crippen LogP contribution in [0.5, 0.6) is 11.5 Å². The minimum atomic E-state index is -0.460. The smallest absolute Gasteiger partial charge is 0.330 e. The fourth-order valence-corrected chi connectivity index (χ4v) is 5.02. The third-order valence-corrected chi connectivity index (χ3v) is 7.19. The Bertz CT molecular complexity index is 1620. The zero-order chi connectivity index (χ0) is 29.1. The molecule has 0 saturated carbocycles. The first-order chi connectivity index (χ1) is 19.8. The number of phenolic OH excluding ortho intramolecular Hbond substituents is 1. The normalized spacial score (nSPS) is 12.6. The van der Waals surface area contributed by atoms with Crippen LogP contribution in [0.15, 0.2) is 66.9 Å². The first-order valence-corrected chi connectivity index (χ1v) is 13.5. The number of anilines is 5. The summed E-state index contributed by atoms with van der Waals surface area (Å²) in [6, 6.07) is 17.5. The van der Waals surface area contributed by atoms with Crippen LogP contribution in [0.4, 0.5) is 33.6 Å². The molecule has 3 aromatic carbocycles. The van der Waals surface area contributed by atoms with Crippen molar-refractivity contribution in [2.24, 2.45) is 0 Å². The Labute approximate surface area is 246 Å². The summed E-state index contributed by atoms with van der Waals surface area (Å²) in [7, 11) is 1.40. The van der Waals surface area contributed by atoms with Gasteiger partial charge in [-0.1, -0.05) is 72.6 Å². The summed E-state index contributed by atoms with van der Waals surface area (Å²) >= 11 is 13.1. The minimum absolute atomic E-state index is 0.0366. The van der Waals surface area contributed by atoms with Gasteiger partial charge in [-0.2, -0.15) is 4.98 Å². The van der Waals surface area contributed by atoms with Gasteiger partial charge in [0.25, 0.3) is 0 Å². The number of nitrogens with one attached hydrogen (secondary N) is 2. The van der Waals surface area contributed by atoms with Gasteiger partial charge >= 0.3 is 6.03 Å². The van der Waals surface area contributed by atoms with Crippen LogP contribution in [0.3, 0.4) is 0 Å². The van der Waals surface area contributed by atoms with Gasteiger partial charge in [0.05, 0.1) is 37.3 Å². The standard InChI is InChI=1S/C29H26Cl2N6O4/c1-3-23(39)33-19-11-7-8-12-20(19)34-28-32-14-18-16-36(26-24(30)21(38)13-22(41-2)25(26)31)29(40)37(27(18)35-28)15-17-9-5-4-6-10-17/h4-14,38H,3,15-16H2,1-2H3,(H,33,39)(H,32,34,35). The van der Waals surface area contributed by atoms with Gasteiger partial charge in [0, 0.05) is 24.2 Å². The van der Waals surface area contributed by atoms with E-state index in [0.29, 0.717) is 29.2 Å². The van der Waals surface area contributed by atoms with Crippen molar-refractivity contribution in [2.45, 2.75) is 26.4 Å². The lowest BCUT2D eigenvalue weighted by Crippen LogP contribution is -2.47. The van der Waals surface area contributed by atoms with E-state index < -0.39 is 6.03 Å². The highest BCUT2D eigenvalue weighted by molar-refractivity contribution is 6.42. The summed E-state index contributed by atoms with van der Waals surface area (Å²) in [6.07, 6.45) is 1.94. The lowest BCUT2D eigenvalue weighted by molar-refractivity contribution is -0.115. The van der Waals surface area contributed by atoms with E-state index in [4.69, 9.17) is 32.9 Å². The number of fused-ring (bicyclic) bond motifs is 1. The number of para-hydroxylation sites is 2. The number of phenols is 1. The van der Waals surface area contributed by atoms with Crippen molar-refractivity contribution in [1.29, 1.82) is 0 Å². The molecular weight excluding hydrogens is 567 g/mol. The lowest BCUT2D eigenvalue weighted by Gasteiger charge is -2.37. The summed E-state index contributed by atoms with van der Waals surface area (Å²) in [4.78, 5) is 38.1. The largest absolute Gasteiger partial charge is 0.506 e. The van der Waals surface area contributed by atoms with Crippen molar-refractivity contribution < 1.29 is 19.4 Å². The first-order valence-electron chi connectivity index (χ1n) is 12.7. The van der Waals surface area contributed by atoms with Crippen molar-refractivity contribution in [1.82, 2.24) is 9.97 Å². The maximum absolute atomic E-state index is 14.1. The fraction of sp³-hybridized carbons (Fsp3) is 0.172. The Balaban J connectivity index is 1.57. The van der Waals surface area contributed by atoms with E-state index in [1.54, 1.807) is 25.3 Å². The van der Waals surface area contributed by atoms with Crippen LogP contribution in [0.25, 0.3) is 0 Å². The van der Waals surface area contributed by atoms with Crippen LogP contribution in [0, 0.1) is 0 Å². The second-order valence-corrected chi connectivity index (χ2v) is 9.89. The number of amides is 3. The van der Waals surface area contributed by atoms with Crippen molar-refractivity contribution in [3.05, 3.63) is 88.0 Å². The number of aromatic hydroxyl groups is 1. The van der Waals surface area contributed by atoms with Gasteiger partial charge in [0.15, 0.2) is 0 Å². The van der Waals surface area contributed by atoms with E-state index in [1.807, 2.05) is 42.5 Å². The van der Waals surface area contributed by atoms with Crippen LogP contribution in [-0.2, 0) is 17.9 Å². The zero-order valence-electron chi connectivity index (χ0n) is 22.2. The molecule has 1 aromatic heterocycles. The third kappa shape index (κ3) is 5.70. The molecule has 1 aliphatic heterocycles. The highest BCUT2D eigenvalue weighted by atomic mass is 35.5. The van der Waals surface area contributed by atoms with Gasteiger partial charge in [-0.05, 0) is 17.7 Å². The van der Waals surface area contributed by atoms with E-state index in [-0.39, 0.29) is 52.2 Å². The molecule has 12 heteroatoms. The molecule has 41 heavy (non-hydrogen) atoms. The molecule has 5 rings (SSSR count).